The lowest BCUT2D eigenvalue weighted by molar-refractivity contribution is -0.385. The van der Waals surface area contributed by atoms with E-state index in [1.807, 2.05) is 0 Å². The normalized spacial score (nSPS) is 11.9. The topological polar surface area (TPSA) is 69.4 Å². The van der Waals surface area contributed by atoms with E-state index in [0.29, 0.717) is 5.56 Å². The number of ether oxygens (including phenoxy) is 1. The van der Waals surface area contributed by atoms with E-state index in [4.69, 9.17) is 11.6 Å². The van der Waals surface area contributed by atoms with Crippen LogP contribution in [0, 0.1) is 17.0 Å². The zero-order valence-electron chi connectivity index (χ0n) is 9.47. The fourth-order valence-electron chi connectivity index (χ4n) is 1.51. The lowest BCUT2D eigenvalue weighted by Gasteiger charge is -2.09. The summed E-state index contributed by atoms with van der Waals surface area (Å²) >= 11 is 5.82. The SMILES string of the molecule is COC(=O)C(Cl)Cc1c(C)cccc1[N+](=O)[O-]. The first-order chi connectivity index (χ1) is 7.97. The Balaban J connectivity index is 3.05. The Kier molecular flexibility index (Phi) is 4.45. The minimum Gasteiger partial charge on any atom is -0.468 e. The van der Waals surface area contributed by atoms with Crippen molar-refractivity contribution in [1.82, 2.24) is 0 Å². The highest BCUT2D eigenvalue weighted by Crippen LogP contribution is 2.24. The molecule has 0 fully saturated rings. The van der Waals surface area contributed by atoms with Crippen molar-refractivity contribution in [3.05, 3.63) is 39.4 Å². The molecule has 0 N–H and O–H groups in total. The summed E-state index contributed by atoms with van der Waals surface area (Å²) in [4.78, 5) is 21.5. The summed E-state index contributed by atoms with van der Waals surface area (Å²) in [6, 6.07) is 4.73. The average molecular weight is 258 g/mol. The molecular formula is C11H12ClNO4. The van der Waals surface area contributed by atoms with Crippen LogP contribution in [0.25, 0.3) is 0 Å². The molecule has 1 atom stereocenters. The number of rotatable bonds is 4. The molecule has 0 heterocycles. The number of nitro benzene ring substituents is 1. The quantitative estimate of drug-likeness (QED) is 0.359. The Bertz CT molecular complexity index is 447. The summed E-state index contributed by atoms with van der Waals surface area (Å²) < 4.78 is 4.48. The molecule has 1 unspecified atom stereocenters. The van der Waals surface area contributed by atoms with Crippen molar-refractivity contribution in [1.29, 1.82) is 0 Å². The van der Waals surface area contributed by atoms with E-state index in [9.17, 15) is 14.9 Å². The monoisotopic (exact) mass is 257 g/mol. The minimum atomic E-state index is -0.917. The summed E-state index contributed by atoms with van der Waals surface area (Å²) in [5, 5.41) is 9.92. The largest absolute Gasteiger partial charge is 0.468 e. The third-order valence-electron chi connectivity index (χ3n) is 2.42. The van der Waals surface area contributed by atoms with Crippen LogP contribution in [0.1, 0.15) is 11.1 Å². The van der Waals surface area contributed by atoms with Crippen molar-refractivity contribution < 1.29 is 14.5 Å². The van der Waals surface area contributed by atoms with Gasteiger partial charge in [-0.2, -0.15) is 0 Å². The van der Waals surface area contributed by atoms with Crippen molar-refractivity contribution >= 4 is 23.3 Å². The number of halogens is 1. The standard InChI is InChI=1S/C11H12ClNO4/c1-7-4-3-5-10(13(15)16)8(7)6-9(12)11(14)17-2/h3-5,9H,6H2,1-2H3. The van der Waals surface area contributed by atoms with Crippen LogP contribution in [-0.2, 0) is 16.0 Å². The molecule has 0 saturated carbocycles. The van der Waals surface area contributed by atoms with E-state index in [-0.39, 0.29) is 12.1 Å². The second-order valence-electron chi connectivity index (χ2n) is 3.52. The molecule has 0 aliphatic carbocycles. The van der Waals surface area contributed by atoms with E-state index < -0.39 is 16.3 Å². The van der Waals surface area contributed by atoms with Crippen LogP contribution < -0.4 is 0 Å². The average Bonchev–Trinajstić information content (AvgIpc) is 2.30. The number of alkyl halides is 1. The maximum atomic E-state index is 11.2. The highest BCUT2D eigenvalue weighted by Gasteiger charge is 2.23. The molecule has 0 aliphatic rings. The Hall–Kier alpha value is -1.62. The zero-order valence-corrected chi connectivity index (χ0v) is 10.2. The summed E-state index contributed by atoms with van der Waals surface area (Å²) in [6.07, 6.45) is 0.0806. The number of benzene rings is 1. The number of aryl methyl sites for hydroxylation is 1. The summed E-state index contributed by atoms with van der Waals surface area (Å²) in [5.41, 5.74) is 1.16. The fraction of sp³-hybridized carbons (Fsp3) is 0.364. The van der Waals surface area contributed by atoms with E-state index >= 15 is 0 Å². The van der Waals surface area contributed by atoms with Crippen LogP contribution in [0.2, 0.25) is 0 Å². The molecule has 5 nitrogen and oxygen atoms in total. The first kappa shape index (κ1) is 13.4. The van der Waals surface area contributed by atoms with Crippen molar-refractivity contribution in [2.24, 2.45) is 0 Å². The summed E-state index contributed by atoms with van der Waals surface area (Å²) in [7, 11) is 1.23. The lowest BCUT2D eigenvalue weighted by atomic mass is 10.0. The highest BCUT2D eigenvalue weighted by molar-refractivity contribution is 6.30. The van der Waals surface area contributed by atoms with Crippen LogP contribution in [-0.4, -0.2) is 23.4 Å². The van der Waals surface area contributed by atoms with Crippen LogP contribution in [0.15, 0.2) is 18.2 Å². The number of nitro groups is 1. The molecular weight excluding hydrogens is 246 g/mol. The van der Waals surface area contributed by atoms with Gasteiger partial charge in [0.05, 0.1) is 12.0 Å². The number of hydrogen-bond acceptors (Lipinski definition) is 4. The molecule has 0 aromatic heterocycles. The highest BCUT2D eigenvalue weighted by atomic mass is 35.5. The second-order valence-corrected chi connectivity index (χ2v) is 4.05. The van der Waals surface area contributed by atoms with Gasteiger partial charge in [-0.1, -0.05) is 12.1 Å². The van der Waals surface area contributed by atoms with Gasteiger partial charge in [0.15, 0.2) is 0 Å². The Morgan fingerprint density at radius 1 is 1.59 bits per heavy atom. The maximum absolute atomic E-state index is 11.2. The van der Waals surface area contributed by atoms with Crippen molar-refractivity contribution in [3.63, 3.8) is 0 Å². The molecule has 0 amide bonds. The van der Waals surface area contributed by atoms with Gasteiger partial charge in [0.2, 0.25) is 0 Å². The number of methoxy groups -OCH3 is 1. The van der Waals surface area contributed by atoms with Crippen LogP contribution in [0.3, 0.4) is 0 Å². The molecule has 0 radical (unpaired) electrons. The number of esters is 1. The van der Waals surface area contributed by atoms with Gasteiger partial charge in [-0.05, 0) is 12.5 Å². The van der Waals surface area contributed by atoms with Gasteiger partial charge in [-0.25, -0.2) is 0 Å². The van der Waals surface area contributed by atoms with Crippen LogP contribution in [0.4, 0.5) is 5.69 Å². The molecule has 1 aromatic carbocycles. The van der Waals surface area contributed by atoms with Crippen LogP contribution >= 0.6 is 11.6 Å². The maximum Gasteiger partial charge on any atom is 0.324 e. The van der Waals surface area contributed by atoms with Crippen molar-refractivity contribution in [3.8, 4) is 0 Å². The molecule has 6 heteroatoms. The lowest BCUT2D eigenvalue weighted by Crippen LogP contribution is -2.19. The van der Waals surface area contributed by atoms with Gasteiger partial charge in [-0.15, -0.1) is 11.6 Å². The number of nitrogens with zero attached hydrogens (tertiary/aromatic N) is 1. The Morgan fingerprint density at radius 2 is 2.24 bits per heavy atom. The Morgan fingerprint density at radius 3 is 2.76 bits per heavy atom. The second kappa shape index (κ2) is 5.63. The third kappa shape index (κ3) is 3.17. The van der Waals surface area contributed by atoms with E-state index in [1.54, 1.807) is 19.1 Å². The molecule has 0 aliphatic heterocycles. The predicted octanol–water partition coefficient (Wildman–Crippen LogP) is 2.23. The molecule has 1 rings (SSSR count). The van der Waals surface area contributed by atoms with E-state index in [2.05, 4.69) is 4.74 Å². The van der Waals surface area contributed by atoms with Crippen molar-refractivity contribution in [2.75, 3.05) is 7.11 Å². The van der Waals surface area contributed by atoms with Gasteiger partial charge in [0.1, 0.15) is 5.38 Å². The van der Waals surface area contributed by atoms with Gasteiger partial charge >= 0.3 is 5.97 Å². The van der Waals surface area contributed by atoms with Gasteiger partial charge in [0.25, 0.3) is 5.69 Å². The molecule has 1 aromatic rings. The third-order valence-corrected chi connectivity index (χ3v) is 2.75. The molecule has 0 saturated heterocycles. The van der Waals surface area contributed by atoms with Crippen LogP contribution in [0.5, 0.6) is 0 Å². The van der Waals surface area contributed by atoms with Crippen molar-refractivity contribution in [2.45, 2.75) is 18.7 Å². The van der Waals surface area contributed by atoms with E-state index in [0.717, 1.165) is 5.56 Å². The predicted molar refractivity (Wildman–Crippen MR) is 63.2 cm³/mol. The fourth-order valence-corrected chi connectivity index (χ4v) is 1.76. The molecule has 17 heavy (non-hydrogen) atoms. The summed E-state index contributed by atoms with van der Waals surface area (Å²) in [5.74, 6) is -0.593. The smallest absolute Gasteiger partial charge is 0.324 e. The van der Waals surface area contributed by atoms with Gasteiger partial charge in [0, 0.05) is 18.1 Å². The number of hydrogen-bond donors (Lipinski definition) is 0. The molecule has 92 valence electrons. The van der Waals surface area contributed by atoms with Gasteiger partial charge in [-0.3, -0.25) is 14.9 Å². The Labute approximate surface area is 103 Å². The van der Waals surface area contributed by atoms with E-state index in [1.165, 1.54) is 13.2 Å². The first-order valence-electron chi connectivity index (χ1n) is 4.92. The van der Waals surface area contributed by atoms with Gasteiger partial charge < -0.3 is 4.74 Å². The minimum absolute atomic E-state index is 0.0282. The molecule has 0 bridgehead atoms. The first-order valence-corrected chi connectivity index (χ1v) is 5.35. The molecule has 0 spiro atoms. The number of carbonyl (C=O) groups is 1. The zero-order chi connectivity index (χ0) is 13.0. The summed E-state index contributed by atoms with van der Waals surface area (Å²) in [6.45, 7) is 1.74. The number of carbonyl (C=O) groups excluding carboxylic acids is 1.